The van der Waals surface area contributed by atoms with Crippen LogP contribution in [0.3, 0.4) is 0 Å². The fraction of sp³-hybridized carbons (Fsp3) is 0.385. The topological polar surface area (TPSA) is 132 Å². The fourth-order valence-electron chi connectivity index (χ4n) is 4.29. The van der Waals surface area contributed by atoms with E-state index in [-0.39, 0.29) is 18.0 Å². The molecule has 1 atom stereocenters. The van der Waals surface area contributed by atoms with Crippen molar-refractivity contribution in [1.29, 1.82) is 0 Å². The van der Waals surface area contributed by atoms with Crippen LogP contribution in [0.4, 0.5) is 0 Å². The number of nitrogens with zero attached hydrogens (tertiary/aromatic N) is 3. The number of benzene rings is 1. The van der Waals surface area contributed by atoms with Gasteiger partial charge in [0.05, 0.1) is 36.2 Å². The van der Waals surface area contributed by atoms with Gasteiger partial charge in [-0.2, -0.15) is 0 Å². The number of carbonyl (C=O) groups excluding carboxylic acids is 1. The highest BCUT2D eigenvalue weighted by Crippen LogP contribution is 2.37. The van der Waals surface area contributed by atoms with E-state index >= 15 is 0 Å². The van der Waals surface area contributed by atoms with E-state index in [0.717, 1.165) is 10.1 Å². The number of oxazole rings is 1. The highest BCUT2D eigenvalue weighted by Gasteiger charge is 2.35. The van der Waals surface area contributed by atoms with Crippen LogP contribution in [-0.4, -0.2) is 33.2 Å². The number of thiophene rings is 1. The van der Waals surface area contributed by atoms with Gasteiger partial charge in [0.1, 0.15) is 28.5 Å². The van der Waals surface area contributed by atoms with Crippen LogP contribution in [0.25, 0.3) is 21.0 Å². The zero-order valence-corrected chi connectivity index (χ0v) is 22.4. The minimum atomic E-state index is -1.58. The molecule has 0 radical (unpaired) electrons. The van der Waals surface area contributed by atoms with Gasteiger partial charge in [-0.05, 0) is 46.2 Å². The van der Waals surface area contributed by atoms with Gasteiger partial charge >= 0.3 is 5.69 Å². The maximum atomic E-state index is 14.0. The zero-order chi connectivity index (χ0) is 27.1. The van der Waals surface area contributed by atoms with Gasteiger partial charge in [-0.3, -0.25) is 14.2 Å². The summed E-state index contributed by atoms with van der Waals surface area (Å²) in [6.07, 6.45) is 2.17. The summed E-state index contributed by atoms with van der Waals surface area (Å²) < 4.78 is 19.7. The molecular weight excluding hydrogens is 496 g/mol. The Bertz CT molecular complexity index is 1560. The number of hydrogen-bond donors (Lipinski definition) is 1. The van der Waals surface area contributed by atoms with Gasteiger partial charge in [0.15, 0.2) is 0 Å². The van der Waals surface area contributed by atoms with E-state index in [1.165, 1.54) is 42.2 Å². The van der Waals surface area contributed by atoms with Crippen molar-refractivity contribution < 1.29 is 18.7 Å². The Morgan fingerprint density at radius 1 is 1.24 bits per heavy atom. The number of aromatic nitrogens is 3. The molecule has 0 aliphatic carbocycles. The zero-order valence-electron chi connectivity index (χ0n) is 21.6. The van der Waals surface area contributed by atoms with Gasteiger partial charge in [0, 0.05) is 5.56 Å². The number of amides is 1. The molecule has 0 fully saturated rings. The molecule has 4 rings (SSSR count). The lowest BCUT2D eigenvalue weighted by atomic mass is 10.0. The van der Waals surface area contributed by atoms with E-state index < -0.39 is 28.8 Å². The maximum Gasteiger partial charge on any atom is 0.333 e. The average Bonchev–Trinajstić information content (AvgIpc) is 3.48. The predicted octanol–water partition coefficient (Wildman–Crippen LogP) is 3.58. The Morgan fingerprint density at radius 3 is 2.54 bits per heavy atom. The van der Waals surface area contributed by atoms with Gasteiger partial charge in [-0.15, -0.1) is 11.3 Å². The number of hydrogen-bond acceptors (Lipinski definition) is 8. The Hall–Kier alpha value is -3.70. The third-order valence-corrected chi connectivity index (χ3v) is 7.57. The standard InChI is InChI=1S/C26H30N4O6S/c1-14(2)36-18(16-9-7-8-10-17(16)34-6)13-29-23-19(15(3)20(37-23)21-28-11-12-35-21)22(31)30(25(29)33)26(4,5)24(27)32/h7-12,14,18H,13H2,1-6H3,(H2,27,32)/t18-/m0/s1. The molecule has 0 aliphatic heterocycles. The molecule has 10 nitrogen and oxygen atoms in total. The second-order valence-corrected chi connectivity index (χ2v) is 10.4. The molecule has 0 saturated heterocycles. The van der Waals surface area contributed by atoms with Crippen molar-refractivity contribution >= 4 is 27.5 Å². The van der Waals surface area contributed by atoms with Crippen LogP contribution < -0.4 is 21.7 Å². The number of ether oxygens (including phenoxy) is 2. The van der Waals surface area contributed by atoms with Crippen LogP contribution in [0, 0.1) is 6.92 Å². The predicted molar refractivity (Wildman–Crippen MR) is 141 cm³/mol. The molecule has 37 heavy (non-hydrogen) atoms. The van der Waals surface area contributed by atoms with E-state index in [0.29, 0.717) is 26.9 Å². The lowest BCUT2D eigenvalue weighted by Gasteiger charge is -2.27. The molecule has 0 bridgehead atoms. The lowest BCUT2D eigenvalue weighted by Crippen LogP contribution is -2.54. The van der Waals surface area contributed by atoms with Gasteiger partial charge in [-0.1, -0.05) is 18.2 Å². The number of fused-ring (bicyclic) bond motifs is 1. The van der Waals surface area contributed by atoms with E-state index in [4.69, 9.17) is 19.6 Å². The second kappa shape index (κ2) is 9.98. The van der Waals surface area contributed by atoms with Crippen LogP contribution in [0.1, 0.15) is 44.9 Å². The number of rotatable bonds is 9. The minimum absolute atomic E-state index is 0.0496. The van der Waals surface area contributed by atoms with Crippen LogP contribution in [0.15, 0.2) is 50.7 Å². The SMILES string of the molecule is COc1ccccc1[C@H](Cn1c(=O)n(C(C)(C)C(N)=O)c(=O)c2c(C)c(-c3ncco3)sc21)OC(C)C. The molecular formula is C26H30N4O6S. The third-order valence-electron chi connectivity index (χ3n) is 6.27. The van der Waals surface area contributed by atoms with Gasteiger partial charge in [0.2, 0.25) is 11.8 Å². The first-order chi connectivity index (χ1) is 17.5. The number of methoxy groups -OCH3 is 1. The molecule has 196 valence electrons. The van der Waals surface area contributed by atoms with Crippen LogP contribution in [-0.2, 0) is 21.6 Å². The molecule has 0 aliphatic rings. The number of nitrogens with two attached hydrogens (primary N) is 1. The van der Waals surface area contributed by atoms with E-state index in [2.05, 4.69) is 4.98 Å². The highest BCUT2D eigenvalue weighted by atomic mass is 32.1. The Labute approximate surface area is 217 Å². The van der Waals surface area contributed by atoms with Crippen molar-refractivity contribution in [1.82, 2.24) is 14.1 Å². The summed E-state index contributed by atoms with van der Waals surface area (Å²) in [5, 5.41) is 0.287. The quantitative estimate of drug-likeness (QED) is 0.353. The summed E-state index contributed by atoms with van der Waals surface area (Å²) in [6.45, 7) is 8.51. The van der Waals surface area contributed by atoms with Gasteiger partial charge in [-0.25, -0.2) is 14.3 Å². The molecule has 0 spiro atoms. The normalized spacial score (nSPS) is 12.8. The van der Waals surface area contributed by atoms with E-state index in [1.807, 2.05) is 38.1 Å². The van der Waals surface area contributed by atoms with Crippen molar-refractivity contribution in [2.45, 2.75) is 58.9 Å². The lowest BCUT2D eigenvalue weighted by molar-refractivity contribution is -0.125. The fourth-order valence-corrected chi connectivity index (χ4v) is 5.53. The molecule has 3 aromatic heterocycles. The number of para-hydroxylation sites is 1. The average molecular weight is 527 g/mol. The summed E-state index contributed by atoms with van der Waals surface area (Å²) >= 11 is 1.22. The third kappa shape index (κ3) is 4.60. The first-order valence-corrected chi connectivity index (χ1v) is 12.6. The first-order valence-electron chi connectivity index (χ1n) is 11.8. The highest BCUT2D eigenvalue weighted by molar-refractivity contribution is 7.22. The first kappa shape index (κ1) is 26.4. The smallest absolute Gasteiger partial charge is 0.333 e. The number of aryl methyl sites for hydroxylation is 1. The Morgan fingerprint density at radius 2 is 1.95 bits per heavy atom. The molecule has 11 heteroatoms. The van der Waals surface area contributed by atoms with Crippen molar-refractivity contribution in [2.75, 3.05) is 7.11 Å². The van der Waals surface area contributed by atoms with Gasteiger partial charge in [0.25, 0.3) is 5.56 Å². The summed E-state index contributed by atoms with van der Waals surface area (Å²) in [5.74, 6) is 0.127. The summed E-state index contributed by atoms with van der Waals surface area (Å²) in [6, 6.07) is 7.40. The molecule has 0 unspecified atom stereocenters. The second-order valence-electron chi connectivity index (χ2n) is 9.45. The van der Waals surface area contributed by atoms with E-state index in [9.17, 15) is 14.4 Å². The maximum absolute atomic E-state index is 14.0. The Kier molecular flexibility index (Phi) is 7.11. The molecule has 3 heterocycles. The molecule has 1 amide bonds. The minimum Gasteiger partial charge on any atom is -0.496 e. The van der Waals surface area contributed by atoms with E-state index in [1.54, 1.807) is 14.0 Å². The molecule has 4 aromatic rings. The van der Waals surface area contributed by atoms with Crippen LogP contribution in [0.2, 0.25) is 0 Å². The molecule has 0 saturated carbocycles. The largest absolute Gasteiger partial charge is 0.496 e. The van der Waals surface area contributed by atoms with Crippen LogP contribution in [0.5, 0.6) is 5.75 Å². The Balaban J connectivity index is 2.06. The summed E-state index contributed by atoms with van der Waals surface area (Å²) in [4.78, 5) is 45.3. The van der Waals surface area contributed by atoms with Crippen molar-refractivity contribution in [3.05, 3.63) is 68.7 Å². The van der Waals surface area contributed by atoms with Crippen LogP contribution >= 0.6 is 11.3 Å². The van der Waals surface area contributed by atoms with Crippen molar-refractivity contribution in [3.8, 4) is 16.5 Å². The van der Waals surface area contributed by atoms with Gasteiger partial charge < -0.3 is 19.6 Å². The molecule has 2 N–H and O–H groups in total. The van der Waals surface area contributed by atoms with Crippen molar-refractivity contribution in [3.63, 3.8) is 0 Å². The summed E-state index contributed by atoms with van der Waals surface area (Å²) in [5.41, 5.74) is 4.11. The monoisotopic (exact) mass is 526 g/mol. The molecule has 1 aromatic carbocycles. The number of carbonyl (C=O) groups is 1. The van der Waals surface area contributed by atoms with Crippen molar-refractivity contribution in [2.24, 2.45) is 5.73 Å². The summed E-state index contributed by atoms with van der Waals surface area (Å²) in [7, 11) is 1.57. The number of primary amides is 1.